The third kappa shape index (κ3) is 4.49. The maximum atomic E-state index is 11.7. The molecule has 1 aliphatic carbocycles. The van der Waals surface area contributed by atoms with Crippen LogP contribution in [-0.2, 0) is 4.74 Å². The average molecular weight is 378 g/mol. The van der Waals surface area contributed by atoms with E-state index >= 15 is 0 Å². The summed E-state index contributed by atoms with van der Waals surface area (Å²) in [5, 5.41) is 9.61. The first kappa shape index (κ1) is 19.4. The zero-order valence-electron chi connectivity index (χ0n) is 16.0. The highest BCUT2D eigenvalue weighted by atomic mass is 16.5. The monoisotopic (exact) mass is 378 g/mol. The average Bonchev–Trinajstić information content (AvgIpc) is 3.24. The first-order chi connectivity index (χ1) is 13.6. The number of esters is 1. The number of allylic oxidation sites excluding steroid dienone is 1. The molecule has 3 rings (SSSR count). The fraction of sp³-hybridized carbons (Fsp3) is 0.318. The van der Waals surface area contributed by atoms with Crippen LogP contribution in [0.25, 0.3) is 11.6 Å². The van der Waals surface area contributed by atoms with Crippen LogP contribution in [-0.4, -0.2) is 31.3 Å². The van der Waals surface area contributed by atoms with E-state index in [1.807, 2.05) is 0 Å². The van der Waals surface area contributed by atoms with Gasteiger partial charge in [-0.1, -0.05) is 12.1 Å². The van der Waals surface area contributed by atoms with E-state index in [4.69, 9.17) is 14.2 Å². The van der Waals surface area contributed by atoms with Crippen molar-refractivity contribution in [2.24, 2.45) is 0 Å². The number of nitrogens with zero attached hydrogens (tertiary/aromatic N) is 2. The molecule has 6 heteroatoms. The molecule has 0 unspecified atom stereocenters. The summed E-state index contributed by atoms with van der Waals surface area (Å²) in [7, 11) is 2.90. The Hall–Kier alpha value is -3.33. The Morgan fingerprint density at radius 2 is 1.93 bits per heavy atom. The van der Waals surface area contributed by atoms with Crippen molar-refractivity contribution in [1.29, 1.82) is 5.26 Å². The van der Waals surface area contributed by atoms with Crippen molar-refractivity contribution >= 4 is 17.6 Å². The molecule has 0 N–H and O–H groups in total. The lowest BCUT2D eigenvalue weighted by Gasteiger charge is -2.16. The van der Waals surface area contributed by atoms with Crippen molar-refractivity contribution in [1.82, 2.24) is 4.98 Å². The molecule has 2 aromatic rings. The molecule has 0 atom stereocenters. The van der Waals surface area contributed by atoms with Crippen molar-refractivity contribution in [2.45, 2.75) is 31.8 Å². The van der Waals surface area contributed by atoms with Crippen LogP contribution in [0.3, 0.4) is 0 Å². The molecule has 0 bridgehead atoms. The molecular weight excluding hydrogens is 356 g/mol. The van der Waals surface area contributed by atoms with Crippen LogP contribution < -0.4 is 9.47 Å². The van der Waals surface area contributed by atoms with Gasteiger partial charge in [-0.05, 0) is 49.5 Å². The lowest BCUT2D eigenvalue weighted by molar-refractivity contribution is 0.0600. The largest absolute Gasteiger partial charge is 0.491 e. The maximum Gasteiger partial charge on any atom is 0.337 e. The Balaban J connectivity index is 1.92. The van der Waals surface area contributed by atoms with Crippen molar-refractivity contribution in [2.75, 3.05) is 14.2 Å². The van der Waals surface area contributed by atoms with E-state index in [1.165, 1.54) is 20.0 Å². The predicted octanol–water partition coefficient (Wildman–Crippen LogP) is 4.26. The molecular formula is C22H22N2O4. The maximum absolute atomic E-state index is 11.7. The van der Waals surface area contributed by atoms with Gasteiger partial charge in [-0.25, -0.2) is 4.79 Å². The standard InChI is InChI=1S/C22H22N2O4/c1-26-21-14-24-18(12-20(21)28-19-8-3-4-9-19)11-17(13-23)15-6-5-7-16(10-15)22(25)27-2/h5-7,10-12,14,19H,3-4,8-9H2,1-2H3/b17-11+. The molecule has 1 aromatic heterocycles. The van der Waals surface area contributed by atoms with Crippen LogP contribution in [0.1, 0.15) is 47.3 Å². The molecule has 0 aliphatic heterocycles. The van der Waals surface area contributed by atoms with Gasteiger partial charge in [0, 0.05) is 6.07 Å². The van der Waals surface area contributed by atoms with Gasteiger partial charge < -0.3 is 14.2 Å². The lowest BCUT2D eigenvalue weighted by atomic mass is 10.0. The van der Waals surface area contributed by atoms with Crippen molar-refractivity contribution in [3.63, 3.8) is 0 Å². The normalized spacial score (nSPS) is 14.4. The van der Waals surface area contributed by atoms with Crippen molar-refractivity contribution in [3.05, 3.63) is 53.3 Å². The van der Waals surface area contributed by atoms with Crippen LogP contribution in [0.4, 0.5) is 0 Å². The number of hydrogen-bond acceptors (Lipinski definition) is 6. The number of carbonyl (C=O) groups is 1. The van der Waals surface area contributed by atoms with Gasteiger partial charge in [-0.2, -0.15) is 5.26 Å². The Labute approximate surface area is 164 Å². The quantitative estimate of drug-likeness (QED) is 0.552. The SMILES string of the molecule is COC(=O)c1cccc(/C(C#N)=C/c2cc(OC3CCCC3)c(OC)cn2)c1. The fourth-order valence-corrected chi connectivity index (χ4v) is 3.21. The second-order valence-electron chi connectivity index (χ2n) is 6.53. The number of aromatic nitrogens is 1. The number of benzene rings is 1. The molecule has 0 radical (unpaired) electrons. The Bertz CT molecular complexity index is 924. The number of ether oxygens (including phenoxy) is 3. The highest BCUT2D eigenvalue weighted by Crippen LogP contribution is 2.32. The number of pyridine rings is 1. The van der Waals surface area contributed by atoms with E-state index in [9.17, 15) is 10.1 Å². The molecule has 1 fully saturated rings. The number of methoxy groups -OCH3 is 2. The molecule has 1 heterocycles. The molecule has 1 aromatic carbocycles. The first-order valence-corrected chi connectivity index (χ1v) is 9.16. The summed E-state index contributed by atoms with van der Waals surface area (Å²) in [5.74, 6) is 0.737. The van der Waals surface area contributed by atoms with Gasteiger partial charge in [0.05, 0.1) is 49.4 Å². The highest BCUT2D eigenvalue weighted by molar-refractivity contribution is 5.94. The second-order valence-corrected chi connectivity index (χ2v) is 6.53. The lowest BCUT2D eigenvalue weighted by Crippen LogP contribution is -2.11. The molecule has 1 aliphatic rings. The van der Waals surface area contributed by atoms with E-state index in [0.717, 1.165) is 12.8 Å². The summed E-state index contributed by atoms with van der Waals surface area (Å²) >= 11 is 0. The van der Waals surface area contributed by atoms with Crippen molar-refractivity contribution in [3.8, 4) is 17.6 Å². The first-order valence-electron chi connectivity index (χ1n) is 9.16. The van der Waals surface area contributed by atoms with Crippen LogP contribution in [0, 0.1) is 11.3 Å². The minimum absolute atomic E-state index is 0.181. The number of nitriles is 1. The van der Waals surface area contributed by atoms with Gasteiger partial charge in [-0.15, -0.1) is 0 Å². The number of carbonyl (C=O) groups excluding carboxylic acids is 1. The summed E-state index contributed by atoms with van der Waals surface area (Å²) in [5.41, 5.74) is 1.96. The number of rotatable bonds is 6. The molecule has 1 saturated carbocycles. The van der Waals surface area contributed by atoms with Crippen LogP contribution in [0.15, 0.2) is 36.5 Å². The summed E-state index contributed by atoms with van der Waals surface area (Å²) < 4.78 is 16.2. The van der Waals surface area contributed by atoms with Crippen LogP contribution in [0.2, 0.25) is 0 Å². The van der Waals surface area contributed by atoms with Gasteiger partial charge in [-0.3, -0.25) is 4.98 Å². The van der Waals surface area contributed by atoms with E-state index in [2.05, 4.69) is 11.1 Å². The van der Waals surface area contributed by atoms with Gasteiger partial charge in [0.15, 0.2) is 11.5 Å². The van der Waals surface area contributed by atoms with E-state index in [1.54, 1.807) is 49.7 Å². The summed E-state index contributed by atoms with van der Waals surface area (Å²) in [6, 6.07) is 10.7. The van der Waals surface area contributed by atoms with Crippen molar-refractivity contribution < 1.29 is 19.0 Å². The van der Waals surface area contributed by atoms with E-state index in [0.29, 0.717) is 33.9 Å². The topological polar surface area (TPSA) is 81.4 Å². The van der Waals surface area contributed by atoms with E-state index < -0.39 is 5.97 Å². The van der Waals surface area contributed by atoms with Crippen LogP contribution in [0.5, 0.6) is 11.5 Å². The Kier molecular flexibility index (Phi) is 6.28. The number of hydrogen-bond donors (Lipinski definition) is 0. The van der Waals surface area contributed by atoms with E-state index in [-0.39, 0.29) is 6.10 Å². The summed E-state index contributed by atoms with van der Waals surface area (Å²) in [4.78, 5) is 16.1. The smallest absolute Gasteiger partial charge is 0.337 e. The molecule has 0 saturated heterocycles. The Morgan fingerprint density at radius 3 is 2.61 bits per heavy atom. The second kappa shape index (κ2) is 9.05. The molecule has 28 heavy (non-hydrogen) atoms. The molecule has 0 amide bonds. The fourth-order valence-electron chi connectivity index (χ4n) is 3.21. The third-order valence-electron chi connectivity index (χ3n) is 4.68. The minimum atomic E-state index is -0.450. The van der Waals surface area contributed by atoms with Gasteiger partial charge >= 0.3 is 5.97 Å². The molecule has 6 nitrogen and oxygen atoms in total. The molecule has 144 valence electrons. The zero-order valence-corrected chi connectivity index (χ0v) is 16.0. The predicted molar refractivity (Wildman–Crippen MR) is 105 cm³/mol. The van der Waals surface area contributed by atoms with Gasteiger partial charge in [0.2, 0.25) is 0 Å². The third-order valence-corrected chi connectivity index (χ3v) is 4.68. The van der Waals surface area contributed by atoms with Gasteiger partial charge in [0.25, 0.3) is 0 Å². The Morgan fingerprint density at radius 1 is 1.18 bits per heavy atom. The molecule has 0 spiro atoms. The minimum Gasteiger partial charge on any atom is -0.491 e. The highest BCUT2D eigenvalue weighted by Gasteiger charge is 2.19. The summed E-state index contributed by atoms with van der Waals surface area (Å²) in [6.07, 6.45) is 7.83. The van der Waals surface area contributed by atoms with Crippen LogP contribution >= 0.6 is 0 Å². The zero-order chi connectivity index (χ0) is 19.9. The summed E-state index contributed by atoms with van der Waals surface area (Å²) in [6.45, 7) is 0. The van der Waals surface area contributed by atoms with Gasteiger partial charge in [0.1, 0.15) is 0 Å².